The number of hydrogen-bond donors (Lipinski definition) is 2. The van der Waals surface area contributed by atoms with Gasteiger partial charge < -0.3 is 14.4 Å². The first-order chi connectivity index (χ1) is 16.0. The van der Waals surface area contributed by atoms with E-state index in [-0.39, 0.29) is 18.9 Å². The van der Waals surface area contributed by atoms with Crippen molar-refractivity contribution in [3.05, 3.63) is 90.0 Å². The normalized spacial score (nSPS) is 10.2. The summed E-state index contributed by atoms with van der Waals surface area (Å²) in [5.74, 6) is 0.534. The second kappa shape index (κ2) is 12.1. The lowest BCUT2D eigenvalue weighted by Gasteiger charge is -2.12. The topological polar surface area (TPSA) is 79.9 Å². The average Bonchev–Trinajstić information content (AvgIpc) is 2.85. The van der Waals surface area contributed by atoms with Crippen LogP contribution >= 0.6 is 0 Å². The first-order valence-electron chi connectivity index (χ1n) is 10.7. The number of rotatable bonds is 10. The van der Waals surface area contributed by atoms with E-state index in [1.165, 1.54) is 0 Å². The minimum atomic E-state index is -0.442. The van der Waals surface area contributed by atoms with Crippen molar-refractivity contribution < 1.29 is 19.1 Å². The second-order valence-corrected chi connectivity index (χ2v) is 7.69. The van der Waals surface area contributed by atoms with Crippen molar-refractivity contribution >= 4 is 17.5 Å². The monoisotopic (exact) mass is 447 g/mol. The van der Waals surface area contributed by atoms with E-state index in [4.69, 9.17) is 9.47 Å². The van der Waals surface area contributed by atoms with Gasteiger partial charge in [0.2, 0.25) is 5.91 Å². The third-order valence-corrected chi connectivity index (χ3v) is 4.88. The van der Waals surface area contributed by atoms with Crippen LogP contribution in [0.15, 0.2) is 78.9 Å². The van der Waals surface area contributed by atoms with E-state index < -0.39 is 5.91 Å². The summed E-state index contributed by atoms with van der Waals surface area (Å²) in [4.78, 5) is 25.9. The van der Waals surface area contributed by atoms with Crippen LogP contribution in [0.2, 0.25) is 0 Å². The number of hydrogen-bond acceptors (Lipinski definition) is 5. The molecule has 0 heterocycles. The SMILES string of the molecule is CN(C)c1ccc(CCC(=O)NNC(=O)COc2ccc(OCc3ccccc3)cc2)cc1. The zero-order chi connectivity index (χ0) is 23.5. The largest absolute Gasteiger partial charge is 0.489 e. The Kier molecular flexibility index (Phi) is 8.71. The van der Waals surface area contributed by atoms with Crippen molar-refractivity contribution in [3.63, 3.8) is 0 Å². The van der Waals surface area contributed by atoms with Gasteiger partial charge in [-0.25, -0.2) is 0 Å². The zero-order valence-corrected chi connectivity index (χ0v) is 18.9. The summed E-state index contributed by atoms with van der Waals surface area (Å²) in [5.41, 5.74) is 8.02. The highest BCUT2D eigenvalue weighted by Crippen LogP contribution is 2.18. The minimum absolute atomic E-state index is 0.212. The highest BCUT2D eigenvalue weighted by atomic mass is 16.5. The number of benzene rings is 3. The van der Waals surface area contributed by atoms with Crippen molar-refractivity contribution in [2.75, 3.05) is 25.6 Å². The first-order valence-corrected chi connectivity index (χ1v) is 10.7. The van der Waals surface area contributed by atoms with E-state index in [0.717, 1.165) is 16.8 Å². The van der Waals surface area contributed by atoms with Gasteiger partial charge in [-0.3, -0.25) is 20.4 Å². The van der Waals surface area contributed by atoms with Gasteiger partial charge in [0.1, 0.15) is 18.1 Å². The van der Waals surface area contributed by atoms with E-state index in [0.29, 0.717) is 24.5 Å². The molecule has 3 rings (SSSR count). The molecule has 3 aromatic rings. The molecule has 0 aromatic heterocycles. The molecule has 172 valence electrons. The number of anilines is 1. The fourth-order valence-electron chi connectivity index (χ4n) is 2.98. The van der Waals surface area contributed by atoms with Crippen LogP contribution in [0.4, 0.5) is 5.69 Å². The molecule has 0 radical (unpaired) electrons. The van der Waals surface area contributed by atoms with Crippen LogP contribution in [0, 0.1) is 0 Å². The van der Waals surface area contributed by atoms with E-state index >= 15 is 0 Å². The van der Waals surface area contributed by atoms with E-state index in [1.54, 1.807) is 24.3 Å². The summed E-state index contributed by atoms with van der Waals surface area (Å²) < 4.78 is 11.2. The maximum Gasteiger partial charge on any atom is 0.276 e. The van der Waals surface area contributed by atoms with Gasteiger partial charge in [0, 0.05) is 26.2 Å². The molecular weight excluding hydrogens is 418 g/mol. The number of nitrogens with one attached hydrogen (secondary N) is 2. The average molecular weight is 448 g/mol. The van der Waals surface area contributed by atoms with Crippen LogP contribution in [0.3, 0.4) is 0 Å². The molecule has 0 aliphatic heterocycles. The number of nitrogens with zero attached hydrogens (tertiary/aromatic N) is 1. The smallest absolute Gasteiger partial charge is 0.276 e. The van der Waals surface area contributed by atoms with Crippen molar-refractivity contribution in [3.8, 4) is 11.5 Å². The number of carbonyl (C=O) groups excluding carboxylic acids is 2. The van der Waals surface area contributed by atoms with Crippen molar-refractivity contribution in [2.45, 2.75) is 19.4 Å². The van der Waals surface area contributed by atoms with Gasteiger partial charge >= 0.3 is 0 Å². The summed E-state index contributed by atoms with van der Waals surface area (Å²) in [6.07, 6.45) is 0.859. The highest BCUT2D eigenvalue weighted by Gasteiger charge is 2.07. The molecule has 2 N–H and O–H groups in total. The first kappa shape index (κ1) is 23.7. The Labute approximate surface area is 194 Å². The summed E-state index contributed by atoms with van der Waals surface area (Å²) in [5, 5.41) is 0. The molecule has 0 unspecified atom stereocenters. The predicted octanol–water partition coefficient (Wildman–Crippen LogP) is 3.49. The molecule has 0 fully saturated rings. The van der Waals surface area contributed by atoms with Crippen LogP contribution in [0.5, 0.6) is 11.5 Å². The zero-order valence-electron chi connectivity index (χ0n) is 18.9. The van der Waals surface area contributed by atoms with Gasteiger partial charge in [-0.2, -0.15) is 0 Å². The Morgan fingerprint density at radius 1 is 0.727 bits per heavy atom. The van der Waals surface area contributed by atoms with Crippen LogP contribution < -0.4 is 25.2 Å². The van der Waals surface area contributed by atoms with Gasteiger partial charge in [-0.05, 0) is 53.9 Å². The van der Waals surface area contributed by atoms with Gasteiger partial charge in [0.25, 0.3) is 5.91 Å². The molecule has 0 saturated heterocycles. The van der Waals surface area contributed by atoms with Crippen molar-refractivity contribution in [1.82, 2.24) is 10.9 Å². The molecule has 3 aromatic carbocycles. The van der Waals surface area contributed by atoms with E-state index in [9.17, 15) is 9.59 Å². The van der Waals surface area contributed by atoms with E-state index in [2.05, 4.69) is 10.9 Å². The van der Waals surface area contributed by atoms with Gasteiger partial charge in [-0.15, -0.1) is 0 Å². The molecule has 0 aliphatic rings. The Bertz CT molecular complexity index is 1020. The van der Waals surface area contributed by atoms with Crippen molar-refractivity contribution in [2.24, 2.45) is 0 Å². The van der Waals surface area contributed by atoms with Gasteiger partial charge in [-0.1, -0.05) is 42.5 Å². The molecule has 2 amide bonds. The lowest BCUT2D eigenvalue weighted by Crippen LogP contribution is -2.43. The van der Waals surface area contributed by atoms with Crippen LogP contribution in [0.1, 0.15) is 17.5 Å². The van der Waals surface area contributed by atoms with Crippen molar-refractivity contribution in [1.29, 1.82) is 0 Å². The maximum absolute atomic E-state index is 12.0. The van der Waals surface area contributed by atoms with Crippen LogP contribution in [0.25, 0.3) is 0 Å². The van der Waals surface area contributed by atoms with E-state index in [1.807, 2.05) is 73.6 Å². The summed E-state index contributed by atoms with van der Waals surface area (Å²) in [6.45, 7) is 0.265. The molecule has 0 atom stereocenters. The Hall–Kier alpha value is -4.00. The molecule has 7 nitrogen and oxygen atoms in total. The maximum atomic E-state index is 12.0. The molecule has 33 heavy (non-hydrogen) atoms. The molecular formula is C26H29N3O4. The molecule has 0 saturated carbocycles. The van der Waals surface area contributed by atoms with Gasteiger partial charge in [0.15, 0.2) is 6.61 Å². The summed E-state index contributed by atoms with van der Waals surface area (Å²) >= 11 is 0. The summed E-state index contributed by atoms with van der Waals surface area (Å²) in [6, 6.07) is 24.9. The minimum Gasteiger partial charge on any atom is -0.489 e. The van der Waals surface area contributed by atoms with Crippen LogP contribution in [-0.2, 0) is 22.6 Å². The Balaban J connectivity index is 1.32. The number of aryl methyl sites for hydroxylation is 1. The Morgan fingerprint density at radius 3 is 1.97 bits per heavy atom. The fourth-order valence-corrected chi connectivity index (χ4v) is 2.98. The fraction of sp³-hybridized carbons (Fsp3) is 0.231. The number of amides is 2. The lowest BCUT2D eigenvalue weighted by atomic mass is 10.1. The number of hydrazine groups is 1. The highest BCUT2D eigenvalue weighted by molar-refractivity contribution is 5.82. The molecule has 7 heteroatoms. The quantitative estimate of drug-likeness (QED) is 0.465. The number of carbonyl (C=O) groups is 2. The van der Waals surface area contributed by atoms with Crippen LogP contribution in [-0.4, -0.2) is 32.5 Å². The molecule has 0 bridgehead atoms. The molecule has 0 spiro atoms. The number of ether oxygens (including phenoxy) is 2. The lowest BCUT2D eigenvalue weighted by molar-refractivity contribution is -0.130. The second-order valence-electron chi connectivity index (χ2n) is 7.69. The predicted molar refractivity (Wildman–Crippen MR) is 128 cm³/mol. The Morgan fingerprint density at radius 2 is 1.33 bits per heavy atom. The third-order valence-electron chi connectivity index (χ3n) is 4.88. The van der Waals surface area contributed by atoms with Gasteiger partial charge in [0.05, 0.1) is 0 Å². The third kappa shape index (κ3) is 8.22. The summed E-state index contributed by atoms with van der Waals surface area (Å²) in [7, 11) is 3.96. The standard InChI is InChI=1S/C26H29N3O4/c1-29(2)22-11-8-20(9-12-22)10-17-25(30)27-28-26(31)19-33-24-15-13-23(14-16-24)32-18-21-6-4-3-5-7-21/h3-9,11-16H,10,17-19H2,1-2H3,(H,27,30)(H,28,31). The molecule has 0 aliphatic carbocycles.